The van der Waals surface area contributed by atoms with Crippen molar-refractivity contribution in [3.05, 3.63) is 29.6 Å². The van der Waals surface area contributed by atoms with Crippen LogP contribution in [0.25, 0.3) is 0 Å². The zero-order chi connectivity index (χ0) is 14.3. The van der Waals surface area contributed by atoms with E-state index in [1.54, 1.807) is 0 Å². The Morgan fingerprint density at radius 2 is 2.00 bits per heavy atom. The highest BCUT2D eigenvalue weighted by Gasteiger charge is 2.54. The van der Waals surface area contributed by atoms with Gasteiger partial charge in [-0.05, 0) is 13.0 Å². The number of halogens is 3. The van der Waals surface area contributed by atoms with E-state index < -0.39 is 23.9 Å². The summed E-state index contributed by atoms with van der Waals surface area (Å²) in [5.74, 6) is -4.42. The Kier molecular flexibility index (Phi) is 3.17. The van der Waals surface area contributed by atoms with Crippen LogP contribution in [0, 0.1) is 5.82 Å². The molecule has 0 bridgehead atoms. The molecule has 0 radical (unpaired) electrons. The second-order valence-corrected chi connectivity index (χ2v) is 4.58. The number of hydrogen-bond acceptors (Lipinski definition) is 4. The molecular weight excluding hydrogens is 259 g/mol. The Labute approximate surface area is 108 Å². The zero-order valence-electron chi connectivity index (χ0n) is 10.3. The zero-order valence-corrected chi connectivity index (χ0v) is 10.3. The second kappa shape index (κ2) is 4.41. The van der Waals surface area contributed by atoms with Gasteiger partial charge in [-0.15, -0.1) is 0 Å². The minimum atomic E-state index is -3.40. The average molecular weight is 273 g/mol. The first kappa shape index (κ1) is 13.7. The van der Waals surface area contributed by atoms with E-state index in [4.69, 9.17) is 16.2 Å². The first-order valence-electron chi connectivity index (χ1n) is 5.62. The minimum absolute atomic E-state index is 0.110. The SMILES string of the molecule is CC1(c2cccc(N)c2F)N=C(N)COCC1(F)F. The molecule has 0 aromatic heterocycles. The van der Waals surface area contributed by atoms with Crippen LogP contribution in [-0.2, 0) is 10.3 Å². The lowest BCUT2D eigenvalue weighted by Crippen LogP contribution is -2.45. The Morgan fingerprint density at radius 3 is 2.68 bits per heavy atom. The van der Waals surface area contributed by atoms with E-state index in [2.05, 4.69) is 4.99 Å². The van der Waals surface area contributed by atoms with E-state index in [0.29, 0.717) is 0 Å². The summed E-state index contributed by atoms with van der Waals surface area (Å²) in [7, 11) is 0. The summed E-state index contributed by atoms with van der Waals surface area (Å²) in [6, 6.07) is 3.91. The molecule has 104 valence electrons. The number of nitrogens with zero attached hydrogens (tertiary/aromatic N) is 1. The van der Waals surface area contributed by atoms with Gasteiger partial charge < -0.3 is 16.2 Å². The molecule has 1 aliphatic rings. The van der Waals surface area contributed by atoms with Gasteiger partial charge in [0.2, 0.25) is 0 Å². The molecular formula is C12H14F3N3O. The summed E-state index contributed by atoms with van der Waals surface area (Å²) < 4.78 is 47.2. The van der Waals surface area contributed by atoms with Gasteiger partial charge in [-0.2, -0.15) is 0 Å². The van der Waals surface area contributed by atoms with Crippen molar-refractivity contribution >= 4 is 11.5 Å². The maximum absolute atomic E-state index is 14.2. The summed E-state index contributed by atoms with van der Waals surface area (Å²) in [4.78, 5) is 3.76. The fraction of sp³-hybridized carbons (Fsp3) is 0.417. The number of alkyl halides is 2. The van der Waals surface area contributed by atoms with Gasteiger partial charge in [-0.3, -0.25) is 4.99 Å². The molecule has 0 fully saturated rings. The van der Waals surface area contributed by atoms with Crippen molar-refractivity contribution in [3.8, 4) is 0 Å². The number of hydrogen-bond donors (Lipinski definition) is 2. The Balaban J connectivity index is 2.66. The molecule has 1 aliphatic heterocycles. The highest BCUT2D eigenvalue weighted by atomic mass is 19.3. The molecule has 2 rings (SSSR count). The molecule has 7 heteroatoms. The number of benzene rings is 1. The summed E-state index contributed by atoms with van der Waals surface area (Å²) >= 11 is 0. The summed E-state index contributed by atoms with van der Waals surface area (Å²) in [6.45, 7) is 0.0173. The quantitative estimate of drug-likeness (QED) is 0.764. The lowest BCUT2D eigenvalue weighted by atomic mass is 9.85. The topological polar surface area (TPSA) is 73.6 Å². The van der Waals surface area contributed by atoms with Crippen LogP contribution in [0.1, 0.15) is 12.5 Å². The van der Waals surface area contributed by atoms with E-state index in [1.165, 1.54) is 18.2 Å². The summed E-state index contributed by atoms with van der Waals surface area (Å²) in [6.07, 6.45) is 0. The molecule has 0 saturated heterocycles. The number of amidine groups is 1. The predicted molar refractivity (Wildman–Crippen MR) is 65.6 cm³/mol. The second-order valence-electron chi connectivity index (χ2n) is 4.58. The number of ether oxygens (including phenoxy) is 1. The van der Waals surface area contributed by atoms with Crippen molar-refractivity contribution in [2.75, 3.05) is 18.9 Å². The van der Waals surface area contributed by atoms with Crippen LogP contribution in [0.15, 0.2) is 23.2 Å². The molecule has 0 aliphatic carbocycles. The van der Waals surface area contributed by atoms with Crippen molar-refractivity contribution < 1.29 is 17.9 Å². The normalized spacial score (nSPS) is 26.6. The highest BCUT2D eigenvalue weighted by Crippen LogP contribution is 2.44. The van der Waals surface area contributed by atoms with E-state index in [-0.39, 0.29) is 23.7 Å². The molecule has 0 saturated carbocycles. The number of nitrogen functional groups attached to an aromatic ring is 1. The fourth-order valence-corrected chi connectivity index (χ4v) is 2.01. The van der Waals surface area contributed by atoms with E-state index >= 15 is 0 Å². The van der Waals surface area contributed by atoms with Gasteiger partial charge in [0.1, 0.15) is 19.0 Å². The standard InChI is InChI=1S/C12H14F3N3O/c1-11(7-3-2-4-8(16)10(7)13)12(14,15)6-19-5-9(17)18-11/h2-4H,5-6,16H2,1H3,(H2,17,18). The van der Waals surface area contributed by atoms with Crippen molar-refractivity contribution in [3.63, 3.8) is 0 Å². The van der Waals surface area contributed by atoms with E-state index in [9.17, 15) is 13.2 Å². The van der Waals surface area contributed by atoms with Gasteiger partial charge in [0, 0.05) is 5.56 Å². The van der Waals surface area contributed by atoms with Gasteiger partial charge in [-0.1, -0.05) is 12.1 Å². The fourth-order valence-electron chi connectivity index (χ4n) is 2.01. The van der Waals surface area contributed by atoms with E-state index in [1.807, 2.05) is 0 Å². The Bertz CT molecular complexity index is 533. The Hall–Kier alpha value is -1.76. The summed E-state index contributed by atoms with van der Waals surface area (Å²) in [5, 5.41) is 0. The Morgan fingerprint density at radius 1 is 1.32 bits per heavy atom. The van der Waals surface area contributed by atoms with Crippen molar-refractivity contribution in [1.29, 1.82) is 0 Å². The van der Waals surface area contributed by atoms with Crippen LogP contribution in [0.5, 0.6) is 0 Å². The van der Waals surface area contributed by atoms with E-state index in [0.717, 1.165) is 6.92 Å². The maximum atomic E-state index is 14.2. The van der Waals surface area contributed by atoms with Crippen molar-refractivity contribution in [1.82, 2.24) is 0 Å². The lowest BCUT2D eigenvalue weighted by Gasteiger charge is -2.33. The minimum Gasteiger partial charge on any atom is -0.396 e. The maximum Gasteiger partial charge on any atom is 0.299 e. The lowest BCUT2D eigenvalue weighted by molar-refractivity contribution is -0.116. The van der Waals surface area contributed by atoms with Crippen molar-refractivity contribution in [2.45, 2.75) is 18.4 Å². The summed E-state index contributed by atoms with van der Waals surface area (Å²) in [5.41, 5.74) is 8.25. The van der Waals surface area contributed by atoms with Crippen LogP contribution < -0.4 is 11.5 Å². The monoisotopic (exact) mass is 273 g/mol. The van der Waals surface area contributed by atoms with Gasteiger partial charge in [-0.25, -0.2) is 13.2 Å². The number of nitrogens with two attached hydrogens (primary N) is 2. The molecule has 1 aromatic rings. The molecule has 0 spiro atoms. The van der Waals surface area contributed by atoms with Crippen LogP contribution in [-0.4, -0.2) is 25.0 Å². The van der Waals surface area contributed by atoms with Crippen LogP contribution in [0.3, 0.4) is 0 Å². The smallest absolute Gasteiger partial charge is 0.299 e. The predicted octanol–water partition coefficient (Wildman–Crippen LogP) is 1.65. The molecule has 1 heterocycles. The molecule has 1 unspecified atom stereocenters. The van der Waals surface area contributed by atoms with Gasteiger partial charge in [0.15, 0.2) is 11.4 Å². The first-order chi connectivity index (χ1) is 8.78. The first-order valence-corrected chi connectivity index (χ1v) is 5.62. The highest BCUT2D eigenvalue weighted by molar-refractivity contribution is 5.82. The van der Waals surface area contributed by atoms with Gasteiger partial charge >= 0.3 is 0 Å². The van der Waals surface area contributed by atoms with Crippen LogP contribution >= 0.6 is 0 Å². The van der Waals surface area contributed by atoms with Crippen molar-refractivity contribution in [2.24, 2.45) is 10.7 Å². The number of rotatable bonds is 1. The molecule has 4 nitrogen and oxygen atoms in total. The van der Waals surface area contributed by atoms with Gasteiger partial charge in [0.05, 0.1) is 5.69 Å². The molecule has 4 N–H and O–H groups in total. The number of anilines is 1. The molecule has 0 amide bonds. The third kappa shape index (κ3) is 2.14. The largest absolute Gasteiger partial charge is 0.396 e. The average Bonchev–Trinajstić information content (AvgIpc) is 2.40. The van der Waals surface area contributed by atoms with Gasteiger partial charge in [0.25, 0.3) is 5.92 Å². The molecule has 1 atom stereocenters. The van der Waals surface area contributed by atoms with Crippen LogP contribution in [0.2, 0.25) is 0 Å². The third-order valence-corrected chi connectivity index (χ3v) is 3.17. The molecule has 19 heavy (non-hydrogen) atoms. The third-order valence-electron chi connectivity index (χ3n) is 3.17. The molecule has 1 aromatic carbocycles. The number of aliphatic imine (C=N–C) groups is 1. The van der Waals surface area contributed by atoms with Crippen LogP contribution in [0.4, 0.5) is 18.9 Å².